The fourth-order valence-corrected chi connectivity index (χ4v) is 2.73. The highest BCUT2D eigenvalue weighted by Gasteiger charge is 2.23. The fourth-order valence-electron chi connectivity index (χ4n) is 2.73. The molecule has 1 amide bonds. The van der Waals surface area contributed by atoms with Gasteiger partial charge >= 0.3 is 11.7 Å². The van der Waals surface area contributed by atoms with E-state index < -0.39 is 22.9 Å². The second-order valence-corrected chi connectivity index (χ2v) is 6.33. The number of hydrogen-bond acceptors (Lipinski definition) is 8. The first-order valence-electron chi connectivity index (χ1n) is 9.17. The lowest BCUT2D eigenvalue weighted by Crippen LogP contribution is -2.35. The Labute approximate surface area is 171 Å². The minimum Gasteiger partial charge on any atom is -0.487 e. The van der Waals surface area contributed by atoms with Crippen molar-refractivity contribution in [2.45, 2.75) is 26.5 Å². The first-order valence-corrected chi connectivity index (χ1v) is 9.17. The van der Waals surface area contributed by atoms with Gasteiger partial charge in [0.05, 0.1) is 17.1 Å². The predicted octanol–water partition coefficient (Wildman–Crippen LogP) is 2.58. The lowest BCUT2D eigenvalue weighted by molar-refractivity contribution is -0.385. The number of carbonyl (C=O) groups excluding carboxylic acids is 2. The summed E-state index contributed by atoms with van der Waals surface area (Å²) in [7, 11) is 0. The molecule has 0 saturated heterocycles. The Kier molecular flexibility index (Phi) is 6.35. The van der Waals surface area contributed by atoms with Crippen molar-refractivity contribution in [2.24, 2.45) is 0 Å². The molecule has 0 unspecified atom stereocenters. The van der Waals surface area contributed by atoms with E-state index in [0.29, 0.717) is 11.5 Å². The summed E-state index contributed by atoms with van der Waals surface area (Å²) in [5, 5.41) is 13.8. The van der Waals surface area contributed by atoms with Crippen molar-refractivity contribution in [1.29, 1.82) is 0 Å². The van der Waals surface area contributed by atoms with Crippen LogP contribution in [0.2, 0.25) is 0 Å². The molecule has 10 heteroatoms. The molecule has 158 valence electrons. The molecule has 10 nitrogen and oxygen atoms in total. The van der Waals surface area contributed by atoms with Crippen molar-refractivity contribution in [2.75, 3.05) is 13.4 Å². The standard InChI is InChI=1S/C20H20N2O8/c1-3-27-16-7-5-14(9-15(16)22(25)26)20(24)30-12(2)19(23)21-10-13-4-6-17-18(8-13)29-11-28-17/h4-9,12H,3,10-11H2,1-2H3,(H,21,23)/t12-/m0/s1. The minimum atomic E-state index is -1.10. The van der Waals surface area contributed by atoms with Crippen LogP contribution in [0, 0.1) is 10.1 Å². The largest absolute Gasteiger partial charge is 0.487 e. The number of hydrogen-bond donors (Lipinski definition) is 1. The van der Waals surface area contributed by atoms with Gasteiger partial charge in [-0.3, -0.25) is 14.9 Å². The number of ether oxygens (including phenoxy) is 4. The number of esters is 1. The van der Waals surface area contributed by atoms with Gasteiger partial charge in [-0.1, -0.05) is 6.07 Å². The Bertz CT molecular complexity index is 975. The van der Waals surface area contributed by atoms with Crippen LogP contribution in [0.15, 0.2) is 36.4 Å². The summed E-state index contributed by atoms with van der Waals surface area (Å²) in [5.74, 6) is -0.0861. The van der Waals surface area contributed by atoms with E-state index in [1.807, 2.05) is 0 Å². The minimum absolute atomic E-state index is 0.0496. The van der Waals surface area contributed by atoms with Crippen LogP contribution in [0.5, 0.6) is 17.2 Å². The highest BCUT2D eigenvalue weighted by Crippen LogP contribution is 2.32. The van der Waals surface area contributed by atoms with E-state index in [4.69, 9.17) is 18.9 Å². The van der Waals surface area contributed by atoms with Crippen molar-refractivity contribution in [3.8, 4) is 17.2 Å². The third-order valence-electron chi connectivity index (χ3n) is 4.25. The molecular formula is C20H20N2O8. The summed E-state index contributed by atoms with van der Waals surface area (Å²) in [6.07, 6.45) is -1.10. The number of amides is 1. The summed E-state index contributed by atoms with van der Waals surface area (Å²) in [4.78, 5) is 35.1. The molecule has 0 bridgehead atoms. The zero-order chi connectivity index (χ0) is 21.7. The zero-order valence-corrected chi connectivity index (χ0v) is 16.4. The van der Waals surface area contributed by atoms with Crippen LogP contribution in [0.3, 0.4) is 0 Å². The second kappa shape index (κ2) is 9.12. The maximum atomic E-state index is 12.3. The molecule has 0 aliphatic carbocycles. The monoisotopic (exact) mass is 416 g/mol. The molecule has 1 aliphatic heterocycles. The first kappa shape index (κ1) is 20.9. The molecule has 2 aromatic rings. The number of fused-ring (bicyclic) bond motifs is 1. The van der Waals surface area contributed by atoms with Crippen LogP contribution < -0.4 is 19.5 Å². The van der Waals surface area contributed by atoms with Gasteiger partial charge in [0, 0.05) is 12.6 Å². The van der Waals surface area contributed by atoms with E-state index in [-0.39, 0.29) is 36.9 Å². The van der Waals surface area contributed by atoms with Crippen molar-refractivity contribution in [3.05, 3.63) is 57.6 Å². The molecule has 3 rings (SSSR count). The highest BCUT2D eigenvalue weighted by molar-refractivity contribution is 5.93. The summed E-state index contributed by atoms with van der Waals surface area (Å²) in [5.41, 5.74) is 0.375. The molecule has 0 fully saturated rings. The molecule has 0 radical (unpaired) electrons. The number of nitro benzene ring substituents is 1. The number of carbonyl (C=O) groups is 2. The van der Waals surface area contributed by atoms with Crippen molar-refractivity contribution in [3.63, 3.8) is 0 Å². The second-order valence-electron chi connectivity index (χ2n) is 6.33. The average molecular weight is 416 g/mol. The molecule has 1 heterocycles. The molecule has 0 spiro atoms. The lowest BCUT2D eigenvalue weighted by Gasteiger charge is -2.14. The number of rotatable bonds is 8. The highest BCUT2D eigenvalue weighted by atomic mass is 16.7. The Morgan fingerprint density at radius 3 is 2.70 bits per heavy atom. The fraction of sp³-hybridized carbons (Fsp3) is 0.300. The third kappa shape index (κ3) is 4.77. The van der Waals surface area contributed by atoms with Gasteiger partial charge in [-0.15, -0.1) is 0 Å². The van der Waals surface area contributed by atoms with E-state index in [1.54, 1.807) is 25.1 Å². The van der Waals surface area contributed by atoms with Crippen LogP contribution in [-0.2, 0) is 16.1 Å². The molecule has 2 aromatic carbocycles. The summed E-state index contributed by atoms with van der Waals surface area (Å²) < 4.78 is 20.8. The summed E-state index contributed by atoms with van der Waals surface area (Å²) in [6.45, 7) is 3.70. The van der Waals surface area contributed by atoms with Gasteiger partial charge in [0.15, 0.2) is 23.4 Å². The zero-order valence-electron chi connectivity index (χ0n) is 16.4. The van der Waals surface area contributed by atoms with Gasteiger partial charge in [-0.2, -0.15) is 0 Å². The maximum Gasteiger partial charge on any atom is 0.339 e. The topological polar surface area (TPSA) is 126 Å². The Balaban J connectivity index is 1.58. The Morgan fingerprint density at radius 2 is 1.97 bits per heavy atom. The van der Waals surface area contributed by atoms with Crippen LogP contribution >= 0.6 is 0 Å². The number of nitrogens with zero attached hydrogens (tertiary/aromatic N) is 1. The van der Waals surface area contributed by atoms with Gasteiger partial charge in [-0.25, -0.2) is 4.79 Å². The SMILES string of the molecule is CCOc1ccc(C(=O)O[C@@H](C)C(=O)NCc2ccc3c(c2)OCO3)cc1[N+](=O)[O-]. The van der Waals surface area contributed by atoms with Gasteiger partial charge in [-0.05, 0) is 43.7 Å². The third-order valence-corrected chi connectivity index (χ3v) is 4.25. The quantitative estimate of drug-likeness (QED) is 0.395. The van der Waals surface area contributed by atoms with Crippen LogP contribution in [-0.4, -0.2) is 36.3 Å². The number of benzene rings is 2. The van der Waals surface area contributed by atoms with Gasteiger partial charge in [0.25, 0.3) is 5.91 Å². The van der Waals surface area contributed by atoms with Crippen molar-refractivity contribution < 1.29 is 33.5 Å². The van der Waals surface area contributed by atoms with Gasteiger partial charge < -0.3 is 24.3 Å². The van der Waals surface area contributed by atoms with E-state index >= 15 is 0 Å². The van der Waals surface area contributed by atoms with E-state index in [1.165, 1.54) is 19.1 Å². The molecular weight excluding hydrogens is 396 g/mol. The lowest BCUT2D eigenvalue weighted by atomic mass is 10.2. The van der Waals surface area contributed by atoms with Crippen molar-refractivity contribution in [1.82, 2.24) is 5.32 Å². The van der Waals surface area contributed by atoms with Crippen molar-refractivity contribution >= 4 is 17.6 Å². The smallest absolute Gasteiger partial charge is 0.339 e. The molecule has 0 aromatic heterocycles. The van der Waals surface area contributed by atoms with Crippen LogP contribution in [0.25, 0.3) is 0 Å². The first-order chi connectivity index (χ1) is 14.4. The van der Waals surface area contributed by atoms with Gasteiger partial charge in [0.1, 0.15) is 0 Å². The van der Waals surface area contributed by atoms with Crippen LogP contribution in [0.4, 0.5) is 5.69 Å². The van der Waals surface area contributed by atoms with E-state index in [2.05, 4.69) is 5.32 Å². The Hall–Kier alpha value is -3.82. The molecule has 0 saturated carbocycles. The maximum absolute atomic E-state index is 12.3. The molecule has 1 aliphatic rings. The van der Waals surface area contributed by atoms with E-state index in [9.17, 15) is 19.7 Å². The average Bonchev–Trinajstić information content (AvgIpc) is 3.20. The predicted molar refractivity (Wildman–Crippen MR) is 104 cm³/mol. The summed E-state index contributed by atoms with van der Waals surface area (Å²) >= 11 is 0. The Morgan fingerprint density at radius 1 is 1.20 bits per heavy atom. The molecule has 1 atom stereocenters. The van der Waals surface area contributed by atoms with Crippen LogP contribution in [0.1, 0.15) is 29.8 Å². The number of nitro groups is 1. The molecule has 30 heavy (non-hydrogen) atoms. The number of nitrogens with one attached hydrogen (secondary N) is 1. The van der Waals surface area contributed by atoms with Gasteiger partial charge in [0.2, 0.25) is 6.79 Å². The molecule has 1 N–H and O–H groups in total. The van der Waals surface area contributed by atoms with E-state index in [0.717, 1.165) is 11.6 Å². The summed E-state index contributed by atoms with van der Waals surface area (Å²) in [6, 6.07) is 9.00. The normalized spacial score (nSPS) is 12.7.